The van der Waals surface area contributed by atoms with Gasteiger partial charge in [0.15, 0.2) is 0 Å². The summed E-state index contributed by atoms with van der Waals surface area (Å²) < 4.78 is 4.50. The Labute approximate surface area is 97.8 Å². The van der Waals surface area contributed by atoms with Crippen LogP contribution in [0.2, 0.25) is 0 Å². The van der Waals surface area contributed by atoms with Crippen LogP contribution in [0.4, 0.5) is 0 Å². The number of carbonyl (C=O) groups excluding carboxylic acids is 1. The molecule has 0 fully saturated rings. The molecule has 88 valence electrons. The van der Waals surface area contributed by atoms with Crippen LogP contribution in [0, 0.1) is 0 Å². The zero-order valence-corrected chi connectivity index (χ0v) is 9.20. The summed E-state index contributed by atoms with van der Waals surface area (Å²) in [6.07, 6.45) is 3.32. The number of methoxy groups -OCH3 is 1. The van der Waals surface area contributed by atoms with Gasteiger partial charge in [0.05, 0.1) is 7.11 Å². The van der Waals surface area contributed by atoms with Crippen LogP contribution in [0.1, 0.15) is 15.9 Å². The lowest BCUT2D eigenvalue weighted by atomic mass is 10.1. The standard InChI is InChI=1S/C11H11N3O3/c1-17-11(16)9-5-4-8(7-10(9)15)3-2-6-13-14-12/h2-5,7,15H,6H2,1H3. The quantitative estimate of drug-likeness (QED) is 0.374. The minimum absolute atomic E-state index is 0.111. The monoisotopic (exact) mass is 233 g/mol. The Balaban J connectivity index is 2.85. The molecule has 1 aromatic rings. The number of esters is 1. The van der Waals surface area contributed by atoms with Crippen LogP contribution in [0.25, 0.3) is 16.5 Å². The van der Waals surface area contributed by atoms with E-state index in [1.807, 2.05) is 0 Å². The first-order chi connectivity index (χ1) is 8.19. The van der Waals surface area contributed by atoms with Gasteiger partial charge in [0.1, 0.15) is 11.3 Å². The average Bonchev–Trinajstić information content (AvgIpc) is 2.34. The van der Waals surface area contributed by atoms with Crippen molar-refractivity contribution in [2.75, 3.05) is 13.7 Å². The summed E-state index contributed by atoms with van der Waals surface area (Å²) >= 11 is 0. The van der Waals surface area contributed by atoms with Gasteiger partial charge in [-0.1, -0.05) is 23.3 Å². The molecule has 1 N–H and O–H groups in total. The first-order valence-electron chi connectivity index (χ1n) is 4.77. The summed E-state index contributed by atoms with van der Waals surface area (Å²) in [7, 11) is 1.25. The molecule has 0 radical (unpaired) electrons. The van der Waals surface area contributed by atoms with Gasteiger partial charge in [-0.3, -0.25) is 0 Å². The van der Waals surface area contributed by atoms with Gasteiger partial charge >= 0.3 is 5.97 Å². The Morgan fingerprint density at radius 2 is 2.41 bits per heavy atom. The van der Waals surface area contributed by atoms with Crippen molar-refractivity contribution in [3.8, 4) is 5.75 Å². The van der Waals surface area contributed by atoms with Crippen LogP contribution in [0.3, 0.4) is 0 Å². The molecule has 0 unspecified atom stereocenters. The fraction of sp³-hybridized carbons (Fsp3) is 0.182. The second-order valence-corrected chi connectivity index (χ2v) is 3.08. The largest absolute Gasteiger partial charge is 0.507 e. The van der Waals surface area contributed by atoms with E-state index in [0.717, 1.165) is 0 Å². The first kappa shape index (κ1) is 12.6. The lowest BCUT2D eigenvalue weighted by Crippen LogP contribution is -2.01. The maximum absolute atomic E-state index is 11.2. The van der Waals surface area contributed by atoms with Gasteiger partial charge in [-0.05, 0) is 23.2 Å². The summed E-state index contributed by atoms with van der Waals surface area (Å²) in [4.78, 5) is 13.8. The van der Waals surface area contributed by atoms with E-state index in [1.54, 1.807) is 18.2 Å². The number of phenols is 1. The molecule has 0 bridgehead atoms. The van der Waals surface area contributed by atoms with Crippen LogP contribution < -0.4 is 0 Å². The number of benzene rings is 1. The topological polar surface area (TPSA) is 95.3 Å². The Morgan fingerprint density at radius 3 is 3.00 bits per heavy atom. The number of nitrogens with zero attached hydrogens (tertiary/aromatic N) is 3. The second-order valence-electron chi connectivity index (χ2n) is 3.08. The summed E-state index contributed by atoms with van der Waals surface area (Å²) in [5.74, 6) is -0.741. The molecule has 6 heteroatoms. The normalized spacial score (nSPS) is 9.94. The minimum atomic E-state index is -0.591. The molecular weight excluding hydrogens is 222 g/mol. The molecule has 0 aliphatic carbocycles. The van der Waals surface area contributed by atoms with Gasteiger partial charge < -0.3 is 9.84 Å². The van der Waals surface area contributed by atoms with Gasteiger partial charge in [0, 0.05) is 11.5 Å². The highest BCUT2D eigenvalue weighted by Gasteiger charge is 2.10. The van der Waals surface area contributed by atoms with Crippen LogP contribution in [-0.4, -0.2) is 24.7 Å². The third-order valence-corrected chi connectivity index (χ3v) is 1.99. The zero-order chi connectivity index (χ0) is 12.7. The van der Waals surface area contributed by atoms with Crippen molar-refractivity contribution in [3.05, 3.63) is 45.8 Å². The number of hydrogen-bond acceptors (Lipinski definition) is 4. The van der Waals surface area contributed by atoms with Crippen molar-refractivity contribution in [1.29, 1.82) is 0 Å². The van der Waals surface area contributed by atoms with E-state index in [-0.39, 0.29) is 17.9 Å². The van der Waals surface area contributed by atoms with Gasteiger partial charge in [-0.2, -0.15) is 0 Å². The molecular formula is C11H11N3O3. The Hall–Kier alpha value is -2.46. The molecule has 17 heavy (non-hydrogen) atoms. The van der Waals surface area contributed by atoms with Crippen molar-refractivity contribution in [3.63, 3.8) is 0 Å². The van der Waals surface area contributed by atoms with E-state index in [4.69, 9.17) is 5.53 Å². The molecule has 0 saturated carbocycles. The zero-order valence-electron chi connectivity index (χ0n) is 9.20. The van der Waals surface area contributed by atoms with Crippen molar-refractivity contribution in [1.82, 2.24) is 0 Å². The van der Waals surface area contributed by atoms with Crippen LogP contribution in [-0.2, 0) is 4.74 Å². The number of rotatable bonds is 4. The predicted octanol–water partition coefficient (Wildman–Crippen LogP) is 2.50. The molecule has 0 aromatic heterocycles. The summed E-state index contributed by atoms with van der Waals surface area (Å²) in [5.41, 5.74) is 8.87. The van der Waals surface area contributed by atoms with Crippen LogP contribution in [0.15, 0.2) is 29.4 Å². The Bertz CT molecular complexity index is 491. The molecule has 0 aliphatic heterocycles. The number of carbonyl (C=O) groups is 1. The van der Waals surface area contributed by atoms with Gasteiger partial charge in [-0.15, -0.1) is 0 Å². The molecule has 0 amide bonds. The highest BCUT2D eigenvalue weighted by atomic mass is 16.5. The van der Waals surface area contributed by atoms with Gasteiger partial charge in [-0.25, -0.2) is 4.79 Å². The molecule has 1 aromatic carbocycles. The van der Waals surface area contributed by atoms with E-state index in [9.17, 15) is 9.90 Å². The number of hydrogen-bond donors (Lipinski definition) is 1. The maximum Gasteiger partial charge on any atom is 0.341 e. The fourth-order valence-electron chi connectivity index (χ4n) is 1.21. The third-order valence-electron chi connectivity index (χ3n) is 1.99. The predicted molar refractivity (Wildman–Crippen MR) is 62.5 cm³/mol. The smallest absolute Gasteiger partial charge is 0.341 e. The van der Waals surface area contributed by atoms with E-state index >= 15 is 0 Å². The van der Waals surface area contributed by atoms with E-state index < -0.39 is 5.97 Å². The number of ether oxygens (including phenoxy) is 1. The van der Waals surface area contributed by atoms with E-state index in [1.165, 1.54) is 19.2 Å². The van der Waals surface area contributed by atoms with Crippen molar-refractivity contribution in [2.45, 2.75) is 0 Å². The van der Waals surface area contributed by atoms with Crippen molar-refractivity contribution < 1.29 is 14.6 Å². The number of azide groups is 1. The Kier molecular flexibility index (Phi) is 4.59. The lowest BCUT2D eigenvalue weighted by Gasteiger charge is -2.03. The Morgan fingerprint density at radius 1 is 1.65 bits per heavy atom. The maximum atomic E-state index is 11.2. The number of aromatic hydroxyl groups is 1. The SMILES string of the molecule is COC(=O)c1ccc(C=CCN=[N+]=[N-])cc1O. The second kappa shape index (κ2) is 6.19. The van der Waals surface area contributed by atoms with Crippen LogP contribution in [0.5, 0.6) is 5.75 Å². The molecule has 0 heterocycles. The van der Waals surface area contributed by atoms with Gasteiger partial charge in [0.2, 0.25) is 0 Å². The van der Waals surface area contributed by atoms with Crippen molar-refractivity contribution in [2.24, 2.45) is 5.11 Å². The number of phenolic OH excluding ortho intramolecular Hbond substituents is 1. The summed E-state index contributed by atoms with van der Waals surface area (Å²) in [5, 5.41) is 12.9. The average molecular weight is 233 g/mol. The molecule has 0 saturated heterocycles. The lowest BCUT2D eigenvalue weighted by molar-refractivity contribution is 0.0597. The molecule has 0 atom stereocenters. The van der Waals surface area contributed by atoms with Crippen molar-refractivity contribution >= 4 is 12.0 Å². The third kappa shape index (κ3) is 3.55. The summed E-state index contributed by atoms with van der Waals surface area (Å²) in [6, 6.07) is 4.55. The highest BCUT2D eigenvalue weighted by Crippen LogP contribution is 2.20. The van der Waals surface area contributed by atoms with Crippen LogP contribution >= 0.6 is 0 Å². The fourth-order valence-corrected chi connectivity index (χ4v) is 1.21. The first-order valence-corrected chi connectivity index (χ1v) is 4.77. The molecule has 0 aliphatic rings. The molecule has 1 rings (SSSR count). The minimum Gasteiger partial charge on any atom is -0.507 e. The molecule has 6 nitrogen and oxygen atoms in total. The summed E-state index contributed by atoms with van der Waals surface area (Å²) in [6.45, 7) is 0.232. The molecule has 0 spiro atoms. The highest BCUT2D eigenvalue weighted by molar-refractivity contribution is 5.92. The van der Waals surface area contributed by atoms with Gasteiger partial charge in [0.25, 0.3) is 0 Å². The van der Waals surface area contributed by atoms with E-state index in [2.05, 4.69) is 14.8 Å². The van der Waals surface area contributed by atoms with E-state index in [0.29, 0.717) is 5.56 Å².